The maximum Gasteiger partial charge on any atom is 0.417 e. The Morgan fingerprint density at radius 1 is 1.32 bits per heavy atom. The van der Waals surface area contributed by atoms with Crippen molar-refractivity contribution in [3.05, 3.63) is 29.1 Å². The van der Waals surface area contributed by atoms with Gasteiger partial charge in [0.1, 0.15) is 17.9 Å². The Balaban J connectivity index is 2.14. The Morgan fingerprint density at radius 2 is 2.00 bits per heavy atom. The van der Waals surface area contributed by atoms with Crippen molar-refractivity contribution in [2.24, 2.45) is 0 Å². The van der Waals surface area contributed by atoms with Crippen LogP contribution in [0.15, 0.2) is 12.1 Å². The molecule has 22 heavy (non-hydrogen) atoms. The highest BCUT2D eigenvalue weighted by Crippen LogP contribution is 2.23. The predicted molar refractivity (Wildman–Crippen MR) is 75.8 cm³/mol. The summed E-state index contributed by atoms with van der Waals surface area (Å²) in [6.07, 6.45) is -0.697. The fourth-order valence-corrected chi connectivity index (χ4v) is 1.93. The third kappa shape index (κ3) is 3.60. The van der Waals surface area contributed by atoms with E-state index in [9.17, 15) is 14.4 Å². The zero-order valence-electron chi connectivity index (χ0n) is 13.0. The minimum absolute atomic E-state index is 0.0116. The van der Waals surface area contributed by atoms with Crippen molar-refractivity contribution < 1.29 is 23.9 Å². The van der Waals surface area contributed by atoms with Crippen LogP contribution in [-0.4, -0.2) is 33.5 Å². The lowest BCUT2D eigenvalue weighted by Gasteiger charge is -2.23. The second-order valence-corrected chi connectivity index (χ2v) is 5.96. The quantitative estimate of drug-likeness (QED) is 0.777. The summed E-state index contributed by atoms with van der Waals surface area (Å²) in [5.41, 5.74) is 0.603. The van der Waals surface area contributed by atoms with Crippen molar-refractivity contribution in [3.8, 4) is 0 Å². The molecule has 1 aliphatic heterocycles. The summed E-state index contributed by atoms with van der Waals surface area (Å²) in [5, 5.41) is 0. The molecular weight excluding hydrogens is 288 g/mol. The van der Waals surface area contributed by atoms with Gasteiger partial charge in [0.2, 0.25) is 0 Å². The largest absolute Gasteiger partial charge is 0.459 e. The Kier molecular flexibility index (Phi) is 4.16. The molecule has 0 spiro atoms. The van der Waals surface area contributed by atoms with Crippen LogP contribution in [-0.2, 0) is 27.4 Å². The van der Waals surface area contributed by atoms with Gasteiger partial charge in [-0.1, -0.05) is 6.07 Å². The molecule has 0 fully saturated rings. The molecule has 0 saturated heterocycles. The molecule has 0 N–H and O–H groups in total. The summed E-state index contributed by atoms with van der Waals surface area (Å²) in [6, 6.07) is 3.36. The van der Waals surface area contributed by atoms with Gasteiger partial charge in [0.25, 0.3) is 5.91 Å². The van der Waals surface area contributed by atoms with Crippen LogP contribution in [0.25, 0.3) is 0 Å². The molecule has 0 bridgehead atoms. The Bertz CT molecular complexity index is 633. The summed E-state index contributed by atoms with van der Waals surface area (Å²) in [5.74, 6) is -0.932. The molecule has 0 radical (unpaired) electrons. The average Bonchev–Trinajstić information content (AvgIpc) is 2.72. The molecule has 118 valence electrons. The van der Waals surface area contributed by atoms with E-state index in [1.807, 2.05) is 0 Å². The molecule has 1 aromatic heterocycles. The van der Waals surface area contributed by atoms with E-state index in [-0.39, 0.29) is 18.8 Å². The van der Waals surface area contributed by atoms with Crippen molar-refractivity contribution in [1.29, 1.82) is 0 Å². The molecule has 2 heterocycles. The van der Waals surface area contributed by atoms with E-state index < -0.39 is 23.6 Å². The highest BCUT2D eigenvalue weighted by atomic mass is 16.6. The second kappa shape index (κ2) is 5.75. The number of carbonyl (C=O) groups excluding carboxylic acids is 3. The normalized spacial score (nSPS) is 13.8. The van der Waals surface area contributed by atoms with Crippen LogP contribution >= 0.6 is 0 Å². The molecule has 1 aromatic rings. The smallest absolute Gasteiger partial charge is 0.417 e. The Morgan fingerprint density at radius 3 is 2.59 bits per heavy atom. The number of hydrogen-bond acceptors (Lipinski definition) is 6. The van der Waals surface area contributed by atoms with Crippen LogP contribution in [0, 0.1) is 0 Å². The number of imide groups is 1. The highest BCUT2D eigenvalue weighted by Gasteiger charge is 2.36. The van der Waals surface area contributed by atoms with Gasteiger partial charge in [-0.05, 0) is 26.8 Å². The SMILES string of the molecule is CC(=O)OCc1ccc2c(n1)C(=O)N(C(=O)OC(C)(C)C)C2. The first kappa shape index (κ1) is 15.9. The zero-order chi connectivity index (χ0) is 16.5. The minimum atomic E-state index is -0.697. The lowest BCUT2D eigenvalue weighted by Crippen LogP contribution is -2.37. The van der Waals surface area contributed by atoms with Gasteiger partial charge in [-0.25, -0.2) is 14.7 Å². The molecule has 1 aliphatic rings. The van der Waals surface area contributed by atoms with Crippen LogP contribution in [0.4, 0.5) is 4.79 Å². The molecule has 0 saturated carbocycles. The van der Waals surface area contributed by atoms with Crippen LogP contribution in [0.2, 0.25) is 0 Å². The summed E-state index contributed by atoms with van der Waals surface area (Å²) >= 11 is 0. The Hall–Kier alpha value is -2.44. The maximum absolute atomic E-state index is 12.3. The third-order valence-corrected chi connectivity index (χ3v) is 2.85. The molecule has 2 amide bonds. The zero-order valence-corrected chi connectivity index (χ0v) is 13.0. The van der Waals surface area contributed by atoms with Gasteiger partial charge in [0.15, 0.2) is 0 Å². The predicted octanol–water partition coefficient (Wildman–Crippen LogP) is 2.04. The first-order valence-corrected chi connectivity index (χ1v) is 6.84. The second-order valence-electron chi connectivity index (χ2n) is 5.96. The number of aromatic nitrogens is 1. The summed E-state index contributed by atoms with van der Waals surface area (Å²) < 4.78 is 10.0. The number of hydrogen-bond donors (Lipinski definition) is 0. The molecular formula is C15H18N2O5. The van der Waals surface area contributed by atoms with Crippen LogP contribution in [0.5, 0.6) is 0 Å². The van der Waals surface area contributed by atoms with Crippen LogP contribution in [0.1, 0.15) is 49.4 Å². The number of ether oxygens (including phenoxy) is 2. The number of carbonyl (C=O) groups is 3. The lowest BCUT2D eigenvalue weighted by molar-refractivity contribution is -0.142. The van der Waals surface area contributed by atoms with Crippen molar-refractivity contribution in [1.82, 2.24) is 9.88 Å². The summed E-state index contributed by atoms with van der Waals surface area (Å²) in [4.78, 5) is 40.3. The number of pyridine rings is 1. The van der Waals surface area contributed by atoms with E-state index in [1.165, 1.54) is 6.92 Å². The molecule has 2 rings (SSSR count). The van der Waals surface area contributed by atoms with Gasteiger partial charge in [0, 0.05) is 12.5 Å². The number of esters is 1. The van der Waals surface area contributed by atoms with Crippen molar-refractivity contribution in [3.63, 3.8) is 0 Å². The number of amides is 2. The average molecular weight is 306 g/mol. The van der Waals surface area contributed by atoms with Gasteiger partial charge in [-0.2, -0.15) is 0 Å². The minimum Gasteiger partial charge on any atom is -0.459 e. The third-order valence-electron chi connectivity index (χ3n) is 2.85. The van der Waals surface area contributed by atoms with Gasteiger partial charge in [0.05, 0.1) is 12.2 Å². The van der Waals surface area contributed by atoms with Crippen molar-refractivity contribution >= 4 is 18.0 Å². The number of nitrogens with zero attached hydrogens (tertiary/aromatic N) is 2. The number of rotatable bonds is 2. The molecule has 0 aliphatic carbocycles. The lowest BCUT2D eigenvalue weighted by atomic mass is 10.2. The van der Waals surface area contributed by atoms with Gasteiger partial charge < -0.3 is 9.47 Å². The van der Waals surface area contributed by atoms with E-state index >= 15 is 0 Å². The summed E-state index contributed by atoms with van der Waals surface area (Å²) in [7, 11) is 0. The van der Waals surface area contributed by atoms with Crippen molar-refractivity contribution in [2.45, 2.75) is 46.4 Å². The van der Waals surface area contributed by atoms with E-state index in [4.69, 9.17) is 9.47 Å². The fraction of sp³-hybridized carbons (Fsp3) is 0.467. The summed E-state index contributed by atoms with van der Waals surface area (Å²) in [6.45, 7) is 6.60. The van der Waals surface area contributed by atoms with E-state index in [0.717, 1.165) is 4.90 Å². The highest BCUT2D eigenvalue weighted by molar-refractivity contribution is 6.05. The number of fused-ring (bicyclic) bond motifs is 1. The van der Waals surface area contributed by atoms with E-state index in [1.54, 1.807) is 32.9 Å². The van der Waals surface area contributed by atoms with Crippen LogP contribution in [0.3, 0.4) is 0 Å². The molecule has 7 heteroatoms. The van der Waals surface area contributed by atoms with Gasteiger partial charge in [-0.15, -0.1) is 0 Å². The van der Waals surface area contributed by atoms with Crippen molar-refractivity contribution in [2.75, 3.05) is 0 Å². The Labute approximate surface area is 128 Å². The topological polar surface area (TPSA) is 85.8 Å². The first-order valence-electron chi connectivity index (χ1n) is 6.84. The molecule has 0 aromatic carbocycles. The van der Waals surface area contributed by atoms with Gasteiger partial charge in [-0.3, -0.25) is 9.59 Å². The molecule has 0 atom stereocenters. The fourth-order valence-electron chi connectivity index (χ4n) is 1.93. The standard InChI is InChI=1S/C15H18N2O5/c1-9(18)21-8-11-6-5-10-7-17(13(19)12(10)16-11)14(20)22-15(2,3)4/h5-6H,7-8H2,1-4H3. The van der Waals surface area contributed by atoms with E-state index in [2.05, 4.69) is 4.98 Å². The molecule has 0 unspecified atom stereocenters. The molecule has 7 nitrogen and oxygen atoms in total. The van der Waals surface area contributed by atoms with Crippen LogP contribution < -0.4 is 0 Å². The van der Waals surface area contributed by atoms with E-state index in [0.29, 0.717) is 11.3 Å². The maximum atomic E-state index is 12.3. The first-order chi connectivity index (χ1) is 10.2. The monoisotopic (exact) mass is 306 g/mol. The van der Waals surface area contributed by atoms with Gasteiger partial charge >= 0.3 is 12.1 Å².